The van der Waals surface area contributed by atoms with Crippen molar-refractivity contribution in [2.24, 2.45) is 0 Å². The van der Waals surface area contributed by atoms with E-state index >= 15 is 0 Å². The van der Waals surface area contributed by atoms with Gasteiger partial charge < -0.3 is 15.4 Å². The molecule has 0 bridgehead atoms. The number of hydrogen-bond donors (Lipinski definition) is 2. The molecule has 0 heterocycles. The lowest BCUT2D eigenvalue weighted by molar-refractivity contribution is -0.0384. The summed E-state index contributed by atoms with van der Waals surface area (Å²) in [5, 5.41) is 5.10. The van der Waals surface area contributed by atoms with Gasteiger partial charge in [-0.3, -0.25) is 0 Å². The predicted octanol–water partition coefficient (Wildman–Crippen LogP) is 3.64. The van der Waals surface area contributed by atoms with Crippen LogP contribution in [-0.4, -0.2) is 35.5 Å². The standard InChI is InChI=1S/C15H21F3N2O3S/c1-2-3-10-23-11-4-9-19-14(21)20-12-5-7-13(8-6-12)24(22)15(16,17)18/h5-8H,2-4,9-11H2,1H3,(H2,19,20,21)/t24-/m1/s1. The number of anilines is 1. The highest BCUT2D eigenvalue weighted by Crippen LogP contribution is 2.26. The Morgan fingerprint density at radius 3 is 2.38 bits per heavy atom. The number of ether oxygens (including phenoxy) is 1. The van der Waals surface area contributed by atoms with Crippen LogP contribution in [0, 0.1) is 0 Å². The van der Waals surface area contributed by atoms with Gasteiger partial charge in [0.05, 0.1) is 0 Å². The number of halogens is 3. The minimum absolute atomic E-state index is 0.314. The van der Waals surface area contributed by atoms with Crippen LogP contribution in [0.2, 0.25) is 0 Å². The monoisotopic (exact) mass is 366 g/mol. The minimum Gasteiger partial charge on any atom is -0.381 e. The number of carbonyl (C=O) groups is 1. The Kier molecular flexibility index (Phi) is 8.77. The van der Waals surface area contributed by atoms with Crippen LogP contribution in [0.15, 0.2) is 29.2 Å². The van der Waals surface area contributed by atoms with E-state index in [1.807, 2.05) is 0 Å². The summed E-state index contributed by atoms with van der Waals surface area (Å²) in [4.78, 5) is 11.3. The maximum atomic E-state index is 12.3. The van der Waals surface area contributed by atoms with Crippen molar-refractivity contribution in [2.45, 2.75) is 36.6 Å². The van der Waals surface area contributed by atoms with E-state index in [4.69, 9.17) is 4.74 Å². The molecule has 1 atom stereocenters. The van der Waals surface area contributed by atoms with Crippen molar-refractivity contribution in [2.75, 3.05) is 25.1 Å². The molecule has 9 heteroatoms. The highest BCUT2D eigenvalue weighted by molar-refractivity contribution is 7.86. The van der Waals surface area contributed by atoms with E-state index in [-0.39, 0.29) is 4.90 Å². The summed E-state index contributed by atoms with van der Waals surface area (Å²) in [5.41, 5.74) is -4.49. The summed E-state index contributed by atoms with van der Waals surface area (Å²) in [6.07, 6.45) is 2.74. The third kappa shape index (κ3) is 7.78. The summed E-state index contributed by atoms with van der Waals surface area (Å²) in [6.45, 7) is 3.75. The van der Waals surface area contributed by atoms with Crippen LogP contribution in [-0.2, 0) is 15.5 Å². The first-order valence-electron chi connectivity index (χ1n) is 7.56. The molecule has 5 nitrogen and oxygen atoms in total. The van der Waals surface area contributed by atoms with Crippen molar-refractivity contribution >= 4 is 22.5 Å². The van der Waals surface area contributed by atoms with Gasteiger partial charge in [-0.05, 0) is 37.1 Å². The second-order valence-electron chi connectivity index (χ2n) is 4.94. The van der Waals surface area contributed by atoms with Crippen molar-refractivity contribution < 1.29 is 26.9 Å². The average molecular weight is 366 g/mol. The normalized spacial score (nSPS) is 12.7. The van der Waals surface area contributed by atoms with Gasteiger partial charge in [0.2, 0.25) is 0 Å². The molecule has 2 N–H and O–H groups in total. The third-order valence-corrected chi connectivity index (χ3v) is 4.05. The third-order valence-electron chi connectivity index (χ3n) is 2.93. The molecule has 0 radical (unpaired) electrons. The van der Waals surface area contributed by atoms with E-state index in [1.165, 1.54) is 12.1 Å². The molecule has 0 unspecified atom stereocenters. The molecule has 136 valence electrons. The molecule has 0 aliphatic rings. The lowest BCUT2D eigenvalue weighted by Gasteiger charge is -2.09. The zero-order valence-electron chi connectivity index (χ0n) is 13.3. The fraction of sp³-hybridized carbons (Fsp3) is 0.533. The van der Waals surface area contributed by atoms with Gasteiger partial charge >= 0.3 is 11.5 Å². The van der Waals surface area contributed by atoms with Gasteiger partial charge in [-0.2, -0.15) is 13.2 Å². The van der Waals surface area contributed by atoms with Crippen LogP contribution < -0.4 is 10.6 Å². The number of urea groups is 1. The topological polar surface area (TPSA) is 67.4 Å². The number of benzene rings is 1. The zero-order chi connectivity index (χ0) is 18.0. The minimum atomic E-state index is -4.80. The Morgan fingerprint density at radius 2 is 1.79 bits per heavy atom. The van der Waals surface area contributed by atoms with Gasteiger partial charge in [0, 0.05) is 30.3 Å². The molecule has 1 aromatic rings. The molecule has 0 aliphatic carbocycles. The van der Waals surface area contributed by atoms with Gasteiger partial charge in [0.1, 0.15) is 0 Å². The van der Waals surface area contributed by atoms with Crippen molar-refractivity contribution in [1.82, 2.24) is 5.32 Å². The molecule has 0 fully saturated rings. The maximum Gasteiger partial charge on any atom is 0.475 e. The first kappa shape index (κ1) is 20.4. The van der Waals surface area contributed by atoms with Crippen LogP contribution in [0.25, 0.3) is 0 Å². The van der Waals surface area contributed by atoms with Crippen molar-refractivity contribution in [1.29, 1.82) is 0 Å². The highest BCUT2D eigenvalue weighted by atomic mass is 32.2. The Hall–Kier alpha value is -1.61. The van der Waals surface area contributed by atoms with Crippen LogP contribution in [0.5, 0.6) is 0 Å². The average Bonchev–Trinajstić information content (AvgIpc) is 2.53. The second-order valence-corrected chi connectivity index (χ2v) is 6.41. The number of hydrogen-bond acceptors (Lipinski definition) is 3. The molecule has 0 aliphatic heterocycles. The van der Waals surface area contributed by atoms with Crippen LogP contribution in [0.1, 0.15) is 26.2 Å². The molecule has 0 saturated heterocycles. The molecule has 0 saturated carbocycles. The zero-order valence-corrected chi connectivity index (χ0v) is 14.1. The molecular weight excluding hydrogens is 345 g/mol. The smallest absolute Gasteiger partial charge is 0.381 e. The number of rotatable bonds is 9. The molecule has 2 amide bonds. The lowest BCUT2D eigenvalue weighted by atomic mass is 10.3. The van der Waals surface area contributed by atoms with Crippen LogP contribution in [0.4, 0.5) is 23.7 Å². The van der Waals surface area contributed by atoms with Gasteiger partial charge in [-0.15, -0.1) is 0 Å². The van der Waals surface area contributed by atoms with Crippen molar-refractivity contribution in [3.05, 3.63) is 24.3 Å². The molecule has 24 heavy (non-hydrogen) atoms. The van der Waals surface area contributed by atoms with E-state index in [2.05, 4.69) is 17.6 Å². The van der Waals surface area contributed by atoms with E-state index in [9.17, 15) is 22.2 Å². The number of unbranched alkanes of at least 4 members (excludes halogenated alkanes) is 1. The number of amides is 2. The Balaban J connectivity index is 2.31. The van der Waals surface area contributed by atoms with Crippen LogP contribution in [0.3, 0.4) is 0 Å². The molecule has 1 aromatic carbocycles. The Bertz CT molecular complexity index is 536. The summed E-state index contributed by atoms with van der Waals surface area (Å²) >= 11 is 0. The largest absolute Gasteiger partial charge is 0.475 e. The van der Waals surface area contributed by atoms with E-state index < -0.39 is 22.3 Å². The lowest BCUT2D eigenvalue weighted by Crippen LogP contribution is -2.30. The number of carbonyl (C=O) groups excluding carboxylic acids is 1. The molecular formula is C15H21F3N2O3S. The fourth-order valence-electron chi connectivity index (χ4n) is 1.70. The van der Waals surface area contributed by atoms with E-state index in [0.29, 0.717) is 31.9 Å². The Morgan fingerprint density at radius 1 is 1.17 bits per heavy atom. The fourth-order valence-corrected chi connectivity index (χ4v) is 2.35. The summed E-state index contributed by atoms with van der Waals surface area (Å²) < 4.78 is 53.5. The van der Waals surface area contributed by atoms with Gasteiger partial charge in [-0.25, -0.2) is 9.00 Å². The number of alkyl halides is 3. The SMILES string of the molecule is CCCCOCCCNC(=O)Nc1ccc([S@@](=O)C(F)(F)F)cc1. The first-order chi connectivity index (χ1) is 11.3. The maximum absolute atomic E-state index is 12.3. The molecule has 0 spiro atoms. The summed E-state index contributed by atoms with van der Waals surface area (Å²) in [6, 6.07) is 4.22. The Labute approximate surface area is 141 Å². The quantitative estimate of drug-likeness (QED) is 0.656. The predicted molar refractivity (Wildman–Crippen MR) is 86.3 cm³/mol. The summed E-state index contributed by atoms with van der Waals surface area (Å²) in [7, 11) is -3.07. The van der Waals surface area contributed by atoms with Gasteiger partial charge in [0.25, 0.3) is 0 Å². The highest BCUT2D eigenvalue weighted by Gasteiger charge is 2.37. The van der Waals surface area contributed by atoms with Crippen LogP contribution >= 0.6 is 0 Å². The molecule has 0 aromatic heterocycles. The first-order valence-corrected chi connectivity index (χ1v) is 8.71. The van der Waals surface area contributed by atoms with E-state index in [0.717, 1.165) is 25.0 Å². The van der Waals surface area contributed by atoms with Gasteiger partial charge in [0.15, 0.2) is 10.8 Å². The van der Waals surface area contributed by atoms with Crippen molar-refractivity contribution in [3.8, 4) is 0 Å². The van der Waals surface area contributed by atoms with E-state index in [1.54, 1.807) is 0 Å². The number of nitrogens with one attached hydrogen (secondary N) is 2. The van der Waals surface area contributed by atoms with Gasteiger partial charge in [-0.1, -0.05) is 13.3 Å². The summed E-state index contributed by atoms with van der Waals surface area (Å²) in [5.74, 6) is 0. The second kappa shape index (κ2) is 10.3. The molecule has 1 rings (SSSR count). The van der Waals surface area contributed by atoms with Crippen molar-refractivity contribution in [3.63, 3.8) is 0 Å².